The van der Waals surface area contributed by atoms with Crippen molar-refractivity contribution in [2.75, 3.05) is 0 Å². The standard InChI is InChI=1S/C11H18F2O/c1-4-10-6-9(8(3)14)5-7(2)11(10,12)13/h7,9-10H,4-6H2,1-3H3. The van der Waals surface area contributed by atoms with Crippen molar-refractivity contribution < 1.29 is 13.6 Å². The van der Waals surface area contributed by atoms with Gasteiger partial charge in [0.1, 0.15) is 5.78 Å². The number of alkyl halides is 2. The van der Waals surface area contributed by atoms with Gasteiger partial charge in [0, 0.05) is 17.8 Å². The highest BCUT2D eigenvalue weighted by molar-refractivity contribution is 5.78. The van der Waals surface area contributed by atoms with E-state index >= 15 is 0 Å². The van der Waals surface area contributed by atoms with Crippen LogP contribution in [0, 0.1) is 17.8 Å². The molecule has 1 nitrogen and oxygen atoms in total. The maximum absolute atomic E-state index is 13.6. The molecule has 1 fully saturated rings. The number of hydrogen-bond donors (Lipinski definition) is 0. The molecule has 0 aliphatic heterocycles. The van der Waals surface area contributed by atoms with Crippen LogP contribution in [0.3, 0.4) is 0 Å². The molecule has 0 spiro atoms. The van der Waals surface area contributed by atoms with Gasteiger partial charge in [-0.05, 0) is 26.2 Å². The molecule has 3 heteroatoms. The van der Waals surface area contributed by atoms with E-state index in [0.717, 1.165) is 0 Å². The second-order valence-electron chi connectivity index (χ2n) is 4.46. The fourth-order valence-electron chi connectivity index (χ4n) is 2.35. The predicted molar refractivity (Wildman–Crippen MR) is 51.3 cm³/mol. The number of halogens is 2. The largest absolute Gasteiger partial charge is 0.300 e. The van der Waals surface area contributed by atoms with Crippen molar-refractivity contribution in [1.82, 2.24) is 0 Å². The number of carbonyl (C=O) groups excluding carboxylic acids is 1. The SMILES string of the molecule is CCC1CC(C(C)=O)CC(C)C1(F)F. The molecule has 0 heterocycles. The first-order valence-corrected chi connectivity index (χ1v) is 5.27. The molecule has 0 amide bonds. The molecule has 1 saturated carbocycles. The highest BCUT2D eigenvalue weighted by Gasteiger charge is 2.49. The van der Waals surface area contributed by atoms with E-state index in [1.54, 1.807) is 13.8 Å². The summed E-state index contributed by atoms with van der Waals surface area (Å²) in [6.07, 6.45) is 1.17. The summed E-state index contributed by atoms with van der Waals surface area (Å²) >= 11 is 0. The van der Waals surface area contributed by atoms with E-state index in [2.05, 4.69) is 0 Å². The number of Topliss-reactive ketones (excluding diaryl/α,β-unsaturated/α-hetero) is 1. The van der Waals surface area contributed by atoms with E-state index in [1.165, 1.54) is 6.92 Å². The molecule has 0 bridgehead atoms. The third kappa shape index (κ3) is 1.96. The molecule has 3 atom stereocenters. The Balaban J connectivity index is 2.78. The molecule has 1 aliphatic rings. The van der Waals surface area contributed by atoms with Crippen LogP contribution in [0.2, 0.25) is 0 Å². The second-order valence-corrected chi connectivity index (χ2v) is 4.46. The molecular formula is C11H18F2O. The number of ketones is 1. The van der Waals surface area contributed by atoms with Crippen molar-refractivity contribution in [3.8, 4) is 0 Å². The first kappa shape index (κ1) is 11.6. The molecule has 1 aliphatic carbocycles. The van der Waals surface area contributed by atoms with Gasteiger partial charge in [0.15, 0.2) is 0 Å². The van der Waals surface area contributed by atoms with Crippen LogP contribution in [0.25, 0.3) is 0 Å². The Kier molecular flexibility index (Phi) is 3.28. The monoisotopic (exact) mass is 204 g/mol. The molecule has 3 unspecified atom stereocenters. The summed E-state index contributed by atoms with van der Waals surface area (Å²) in [5, 5.41) is 0. The fraction of sp³-hybridized carbons (Fsp3) is 0.909. The predicted octanol–water partition coefficient (Wildman–Crippen LogP) is 3.28. The van der Waals surface area contributed by atoms with Crippen LogP contribution in [-0.2, 0) is 4.79 Å². The van der Waals surface area contributed by atoms with Crippen LogP contribution in [0.5, 0.6) is 0 Å². The zero-order chi connectivity index (χ0) is 10.9. The molecule has 0 N–H and O–H groups in total. The van der Waals surface area contributed by atoms with Crippen LogP contribution >= 0.6 is 0 Å². The summed E-state index contributed by atoms with van der Waals surface area (Å²) < 4.78 is 27.2. The van der Waals surface area contributed by atoms with Crippen LogP contribution in [0.4, 0.5) is 8.78 Å². The Bertz CT molecular complexity index is 225. The smallest absolute Gasteiger partial charge is 0.253 e. The molecule has 0 aromatic carbocycles. The van der Waals surface area contributed by atoms with E-state index in [9.17, 15) is 13.6 Å². The van der Waals surface area contributed by atoms with E-state index in [-0.39, 0.29) is 11.7 Å². The molecule has 0 saturated heterocycles. The van der Waals surface area contributed by atoms with Crippen molar-refractivity contribution in [3.05, 3.63) is 0 Å². The average Bonchev–Trinajstić information content (AvgIpc) is 2.09. The fourth-order valence-corrected chi connectivity index (χ4v) is 2.35. The second kappa shape index (κ2) is 3.95. The minimum atomic E-state index is -2.58. The molecule has 82 valence electrons. The highest BCUT2D eigenvalue weighted by Crippen LogP contribution is 2.46. The van der Waals surface area contributed by atoms with Crippen LogP contribution < -0.4 is 0 Å². The van der Waals surface area contributed by atoms with Gasteiger partial charge in [-0.2, -0.15) is 0 Å². The Labute approximate surface area is 83.9 Å². The Morgan fingerprint density at radius 1 is 1.43 bits per heavy atom. The average molecular weight is 204 g/mol. The summed E-state index contributed by atoms with van der Waals surface area (Å²) in [5.74, 6) is -3.93. The van der Waals surface area contributed by atoms with Gasteiger partial charge in [-0.3, -0.25) is 4.79 Å². The number of rotatable bonds is 2. The van der Waals surface area contributed by atoms with Gasteiger partial charge in [-0.1, -0.05) is 13.8 Å². The van der Waals surface area contributed by atoms with Crippen LogP contribution in [0.15, 0.2) is 0 Å². The first-order chi connectivity index (χ1) is 6.39. The van der Waals surface area contributed by atoms with Gasteiger partial charge in [-0.25, -0.2) is 8.78 Å². The van der Waals surface area contributed by atoms with Gasteiger partial charge in [0.05, 0.1) is 0 Å². The van der Waals surface area contributed by atoms with E-state index in [1.807, 2.05) is 0 Å². The summed E-state index contributed by atoms with van der Waals surface area (Å²) in [4.78, 5) is 11.2. The Morgan fingerprint density at radius 3 is 2.43 bits per heavy atom. The van der Waals surface area contributed by atoms with Crippen molar-refractivity contribution in [3.63, 3.8) is 0 Å². The molecule has 0 aromatic rings. The lowest BCUT2D eigenvalue weighted by molar-refractivity contribution is -0.149. The summed E-state index contributed by atoms with van der Waals surface area (Å²) in [6, 6.07) is 0. The third-order valence-corrected chi connectivity index (χ3v) is 3.48. The van der Waals surface area contributed by atoms with Gasteiger partial charge >= 0.3 is 0 Å². The van der Waals surface area contributed by atoms with Gasteiger partial charge in [0.25, 0.3) is 5.92 Å². The molecule has 1 rings (SSSR count). The van der Waals surface area contributed by atoms with E-state index in [0.29, 0.717) is 19.3 Å². The topological polar surface area (TPSA) is 17.1 Å². The lowest BCUT2D eigenvalue weighted by Gasteiger charge is -2.39. The lowest BCUT2D eigenvalue weighted by Crippen LogP contribution is -2.43. The van der Waals surface area contributed by atoms with Crippen molar-refractivity contribution in [2.24, 2.45) is 17.8 Å². The molecule has 14 heavy (non-hydrogen) atoms. The summed E-state index contributed by atoms with van der Waals surface area (Å²) in [7, 11) is 0. The maximum atomic E-state index is 13.6. The zero-order valence-electron chi connectivity index (χ0n) is 9.02. The highest BCUT2D eigenvalue weighted by atomic mass is 19.3. The van der Waals surface area contributed by atoms with E-state index < -0.39 is 17.8 Å². The van der Waals surface area contributed by atoms with Gasteiger partial charge in [0.2, 0.25) is 0 Å². The quantitative estimate of drug-likeness (QED) is 0.674. The summed E-state index contributed by atoms with van der Waals surface area (Å²) in [5.41, 5.74) is 0. The van der Waals surface area contributed by atoms with Crippen LogP contribution in [0.1, 0.15) is 40.0 Å². The van der Waals surface area contributed by atoms with Gasteiger partial charge < -0.3 is 0 Å². The third-order valence-electron chi connectivity index (χ3n) is 3.48. The van der Waals surface area contributed by atoms with E-state index in [4.69, 9.17) is 0 Å². The minimum Gasteiger partial charge on any atom is -0.300 e. The van der Waals surface area contributed by atoms with Crippen molar-refractivity contribution in [1.29, 1.82) is 0 Å². The van der Waals surface area contributed by atoms with Crippen molar-refractivity contribution >= 4 is 5.78 Å². The Morgan fingerprint density at radius 2 is 2.00 bits per heavy atom. The molecular weight excluding hydrogens is 186 g/mol. The maximum Gasteiger partial charge on any atom is 0.253 e. The molecule has 0 aromatic heterocycles. The Hall–Kier alpha value is -0.470. The zero-order valence-corrected chi connectivity index (χ0v) is 9.02. The minimum absolute atomic E-state index is 0.0609. The normalized spacial score (nSPS) is 36.8. The van der Waals surface area contributed by atoms with Crippen LogP contribution in [-0.4, -0.2) is 11.7 Å². The first-order valence-electron chi connectivity index (χ1n) is 5.27. The molecule has 0 radical (unpaired) electrons. The lowest BCUT2D eigenvalue weighted by atomic mass is 9.71. The summed E-state index contributed by atoms with van der Waals surface area (Å²) in [6.45, 7) is 4.83. The number of hydrogen-bond acceptors (Lipinski definition) is 1. The van der Waals surface area contributed by atoms with Crippen molar-refractivity contribution in [2.45, 2.75) is 46.0 Å². The number of carbonyl (C=O) groups is 1. The van der Waals surface area contributed by atoms with Gasteiger partial charge in [-0.15, -0.1) is 0 Å².